The van der Waals surface area contributed by atoms with Crippen molar-refractivity contribution in [1.29, 1.82) is 0 Å². The van der Waals surface area contributed by atoms with Crippen LogP contribution in [0.15, 0.2) is 0 Å². The van der Waals surface area contributed by atoms with Crippen molar-refractivity contribution in [1.82, 2.24) is 0 Å². The number of nitrogens with one attached hydrogen (secondary N) is 1. The van der Waals surface area contributed by atoms with E-state index in [0.717, 1.165) is 0 Å². The van der Waals surface area contributed by atoms with E-state index >= 15 is 0 Å². The van der Waals surface area contributed by atoms with Gasteiger partial charge in [-0.25, -0.2) is 5.23 Å². The molecule has 0 heterocycles. The highest BCUT2D eigenvalue weighted by atomic mass is 31.0. The Labute approximate surface area is 70.8 Å². The van der Waals surface area contributed by atoms with Gasteiger partial charge in [0.15, 0.2) is 0 Å². The molecule has 0 bridgehead atoms. The molecule has 0 spiro atoms. The summed E-state index contributed by atoms with van der Waals surface area (Å²) < 4.78 is 0. The molecule has 0 saturated heterocycles. The van der Waals surface area contributed by atoms with Crippen LogP contribution in [0.25, 0.3) is 0 Å². The van der Waals surface area contributed by atoms with Gasteiger partial charge in [0.2, 0.25) is 0 Å². The summed E-state index contributed by atoms with van der Waals surface area (Å²) in [6.07, 6.45) is 0. The Morgan fingerprint density at radius 1 is 1.18 bits per heavy atom. The van der Waals surface area contributed by atoms with Crippen molar-refractivity contribution in [2.75, 3.05) is 0 Å². The Balaban J connectivity index is 3.99. The lowest BCUT2D eigenvalue weighted by molar-refractivity contribution is -1.09. The van der Waals surface area contributed by atoms with Gasteiger partial charge in [0.25, 0.3) is 0 Å². The van der Waals surface area contributed by atoms with Crippen LogP contribution in [-0.4, -0.2) is 10.9 Å². The molecule has 0 fully saturated rings. The summed E-state index contributed by atoms with van der Waals surface area (Å²) in [6.45, 7) is 9.21. The van der Waals surface area contributed by atoms with Crippen LogP contribution in [0.1, 0.15) is 34.6 Å². The summed E-state index contributed by atoms with van der Waals surface area (Å²) in [4.78, 5) is 5.14. The molecule has 0 saturated carbocycles. The standard InChI is InChI=1S/C7H18NO2P/c1-6(2,3)10-8(9)7(4,5)11/h8H,11H2,1-5H3. The van der Waals surface area contributed by atoms with Crippen molar-refractivity contribution in [3.8, 4) is 0 Å². The molecular weight excluding hydrogens is 161 g/mol. The zero-order chi connectivity index (χ0) is 9.28. The van der Waals surface area contributed by atoms with Gasteiger partial charge < -0.3 is 5.21 Å². The molecule has 0 aliphatic heterocycles. The van der Waals surface area contributed by atoms with Crippen molar-refractivity contribution in [2.45, 2.75) is 45.5 Å². The van der Waals surface area contributed by atoms with E-state index in [-0.39, 0.29) is 10.8 Å². The maximum Gasteiger partial charge on any atom is 0.133 e. The molecule has 0 aromatic rings. The number of hydrogen-bond donors (Lipinski definition) is 1. The molecule has 0 aliphatic rings. The van der Waals surface area contributed by atoms with Gasteiger partial charge in [0.05, 0.1) is 0 Å². The van der Waals surface area contributed by atoms with Crippen molar-refractivity contribution in [3.63, 3.8) is 0 Å². The van der Waals surface area contributed by atoms with Crippen LogP contribution in [0.4, 0.5) is 0 Å². The molecule has 11 heavy (non-hydrogen) atoms. The molecular formula is C7H18NO2P. The Hall–Kier alpha value is 0.310. The van der Waals surface area contributed by atoms with Crippen molar-refractivity contribution >= 4 is 9.24 Å². The van der Waals surface area contributed by atoms with Crippen LogP contribution in [-0.2, 0) is 4.84 Å². The molecule has 2 unspecified atom stereocenters. The Morgan fingerprint density at radius 2 is 1.55 bits per heavy atom. The fourth-order valence-corrected chi connectivity index (χ4v) is 0.469. The molecule has 0 radical (unpaired) electrons. The van der Waals surface area contributed by atoms with E-state index in [1.807, 2.05) is 34.6 Å². The number of quaternary nitrogens is 1. The first-order valence-corrected chi connectivity index (χ1v) is 4.23. The van der Waals surface area contributed by atoms with Gasteiger partial charge in [-0.1, -0.05) is 9.24 Å². The van der Waals surface area contributed by atoms with E-state index in [1.54, 1.807) is 0 Å². The quantitative estimate of drug-likeness (QED) is 0.500. The third-order valence-corrected chi connectivity index (χ3v) is 1.16. The van der Waals surface area contributed by atoms with E-state index in [0.29, 0.717) is 0 Å². The van der Waals surface area contributed by atoms with Crippen LogP contribution in [0.2, 0.25) is 0 Å². The summed E-state index contributed by atoms with van der Waals surface area (Å²) in [6, 6.07) is 0. The zero-order valence-electron chi connectivity index (χ0n) is 7.89. The van der Waals surface area contributed by atoms with Crippen LogP contribution in [0, 0.1) is 5.21 Å². The highest BCUT2D eigenvalue weighted by Crippen LogP contribution is 2.09. The van der Waals surface area contributed by atoms with E-state index < -0.39 is 5.28 Å². The molecule has 0 rings (SSSR count). The predicted octanol–water partition coefficient (Wildman–Crippen LogP) is 0.710. The highest BCUT2D eigenvalue weighted by molar-refractivity contribution is 7.18. The fraction of sp³-hybridized carbons (Fsp3) is 1.00. The summed E-state index contributed by atoms with van der Waals surface area (Å²) in [7, 11) is 2.46. The van der Waals surface area contributed by atoms with Crippen molar-refractivity contribution in [3.05, 3.63) is 5.21 Å². The lowest BCUT2D eigenvalue weighted by Gasteiger charge is -2.36. The van der Waals surface area contributed by atoms with Gasteiger partial charge in [-0.15, -0.1) is 0 Å². The van der Waals surface area contributed by atoms with Gasteiger partial charge in [0.1, 0.15) is 10.9 Å². The average molecular weight is 179 g/mol. The minimum absolute atomic E-state index is 0.185. The van der Waals surface area contributed by atoms with E-state index in [9.17, 15) is 5.21 Å². The van der Waals surface area contributed by atoms with Crippen LogP contribution >= 0.6 is 9.24 Å². The second kappa shape index (κ2) is 3.36. The normalized spacial score (nSPS) is 16.6. The zero-order valence-corrected chi connectivity index (χ0v) is 9.05. The maximum atomic E-state index is 11.2. The van der Waals surface area contributed by atoms with Gasteiger partial charge in [0, 0.05) is 0 Å². The Morgan fingerprint density at radius 3 is 1.64 bits per heavy atom. The molecule has 0 aliphatic carbocycles. The number of hydroxylamine groups is 2. The first kappa shape index (κ1) is 11.3. The smallest absolute Gasteiger partial charge is 0.133 e. The van der Waals surface area contributed by atoms with Crippen molar-refractivity contribution < 1.29 is 10.1 Å². The van der Waals surface area contributed by atoms with Crippen LogP contribution in [0.5, 0.6) is 0 Å². The minimum atomic E-state index is -0.479. The predicted molar refractivity (Wildman–Crippen MR) is 49.0 cm³/mol. The monoisotopic (exact) mass is 179 g/mol. The molecule has 4 heteroatoms. The lowest BCUT2D eigenvalue weighted by Crippen LogP contribution is -3.14. The van der Waals surface area contributed by atoms with E-state index in [1.165, 1.54) is 0 Å². The molecule has 68 valence electrons. The third kappa shape index (κ3) is 5.57. The van der Waals surface area contributed by atoms with Crippen LogP contribution < -0.4 is 5.23 Å². The van der Waals surface area contributed by atoms with E-state index in [2.05, 4.69) is 9.24 Å². The van der Waals surface area contributed by atoms with Gasteiger partial charge in [-0.05, 0) is 34.6 Å². The van der Waals surface area contributed by atoms with Gasteiger partial charge in [-0.2, -0.15) is 4.84 Å². The molecule has 0 aromatic heterocycles. The topological polar surface area (TPSA) is 36.7 Å². The van der Waals surface area contributed by atoms with E-state index in [4.69, 9.17) is 4.84 Å². The fourth-order valence-electron chi connectivity index (χ4n) is 0.410. The van der Waals surface area contributed by atoms with Gasteiger partial charge in [-0.3, -0.25) is 0 Å². The Bertz CT molecular complexity index is 125. The SMILES string of the molecule is CC(C)(C)O[NH+]([O-])C(C)(C)P. The molecule has 1 N–H and O–H groups in total. The molecule has 0 amide bonds. The lowest BCUT2D eigenvalue weighted by atomic mass is 10.2. The average Bonchev–Trinajstić information content (AvgIpc) is 1.56. The Kier molecular flexibility index (Phi) is 3.45. The van der Waals surface area contributed by atoms with Gasteiger partial charge >= 0.3 is 0 Å². The summed E-state index contributed by atoms with van der Waals surface area (Å²) in [5.74, 6) is 0. The summed E-state index contributed by atoms with van der Waals surface area (Å²) in [5, 5.41) is 10.6. The number of hydrogen-bond acceptors (Lipinski definition) is 2. The third-order valence-electron chi connectivity index (χ3n) is 0.925. The summed E-state index contributed by atoms with van der Waals surface area (Å²) in [5.41, 5.74) is -0.384. The number of rotatable bonds is 2. The first-order valence-electron chi connectivity index (χ1n) is 3.65. The summed E-state index contributed by atoms with van der Waals surface area (Å²) >= 11 is 0. The highest BCUT2D eigenvalue weighted by Gasteiger charge is 2.25. The van der Waals surface area contributed by atoms with Crippen molar-refractivity contribution in [2.24, 2.45) is 0 Å². The second-order valence-corrected chi connectivity index (χ2v) is 5.67. The maximum absolute atomic E-state index is 11.2. The first-order chi connectivity index (χ1) is 4.63. The minimum Gasteiger partial charge on any atom is -0.599 e. The molecule has 0 aromatic carbocycles. The molecule has 3 nitrogen and oxygen atoms in total. The molecule has 2 atom stereocenters. The largest absolute Gasteiger partial charge is 0.599 e. The van der Waals surface area contributed by atoms with Crippen LogP contribution in [0.3, 0.4) is 0 Å². The second-order valence-electron chi connectivity index (χ2n) is 4.22.